The number of benzene rings is 2. The van der Waals surface area contributed by atoms with Gasteiger partial charge in [0.05, 0.1) is 25.4 Å². The van der Waals surface area contributed by atoms with Gasteiger partial charge in [-0.15, -0.1) is 0 Å². The highest BCUT2D eigenvalue weighted by Crippen LogP contribution is 2.31. The van der Waals surface area contributed by atoms with E-state index in [1.807, 2.05) is 30.3 Å². The third kappa shape index (κ3) is 1.78. The van der Waals surface area contributed by atoms with Gasteiger partial charge in [-0.3, -0.25) is 9.89 Å². The Kier molecular flexibility index (Phi) is 2.47. The standard InChI is InChI=1S/C16H13N3O2/c1-21-13-4-2-10-9-19(16(20)14(10)7-13)12-3-5-15-11(6-12)8-17-18-15/h2-8H,9H2,1H3,(H,17,18). The number of carbonyl (C=O) groups is 1. The van der Waals surface area contributed by atoms with Crippen molar-refractivity contribution in [2.45, 2.75) is 6.54 Å². The normalized spacial score (nSPS) is 13.8. The Bertz CT molecular complexity index is 854. The number of aromatic nitrogens is 2. The fourth-order valence-corrected chi connectivity index (χ4v) is 2.71. The molecule has 0 spiro atoms. The van der Waals surface area contributed by atoms with Gasteiger partial charge >= 0.3 is 0 Å². The molecular weight excluding hydrogens is 266 g/mol. The minimum absolute atomic E-state index is 0.00625. The minimum Gasteiger partial charge on any atom is -0.497 e. The quantitative estimate of drug-likeness (QED) is 0.784. The van der Waals surface area contributed by atoms with Gasteiger partial charge in [-0.05, 0) is 35.9 Å². The number of ether oxygens (including phenoxy) is 1. The molecule has 4 rings (SSSR count). The Hall–Kier alpha value is -2.82. The maximum atomic E-state index is 12.6. The van der Waals surface area contributed by atoms with Crippen LogP contribution in [0.3, 0.4) is 0 Å². The van der Waals surface area contributed by atoms with E-state index in [-0.39, 0.29) is 5.91 Å². The molecule has 1 aliphatic heterocycles. The average Bonchev–Trinajstić information content (AvgIpc) is 3.11. The number of anilines is 1. The van der Waals surface area contributed by atoms with E-state index in [2.05, 4.69) is 10.2 Å². The van der Waals surface area contributed by atoms with Crippen LogP contribution in [0.25, 0.3) is 10.9 Å². The number of nitrogens with zero attached hydrogens (tertiary/aromatic N) is 2. The number of methoxy groups -OCH3 is 1. The molecule has 0 atom stereocenters. The lowest BCUT2D eigenvalue weighted by molar-refractivity contribution is 0.0996. The first-order valence-electron chi connectivity index (χ1n) is 6.68. The molecule has 0 radical (unpaired) electrons. The Labute approximate surface area is 121 Å². The first kappa shape index (κ1) is 12.0. The molecule has 0 aliphatic carbocycles. The highest BCUT2D eigenvalue weighted by molar-refractivity contribution is 6.10. The second kappa shape index (κ2) is 4.34. The summed E-state index contributed by atoms with van der Waals surface area (Å²) in [5.41, 5.74) is 3.57. The minimum atomic E-state index is 0.00625. The van der Waals surface area contributed by atoms with Crippen LogP contribution in [0, 0.1) is 0 Å². The summed E-state index contributed by atoms with van der Waals surface area (Å²) in [5.74, 6) is 0.709. The third-order valence-corrected chi connectivity index (χ3v) is 3.86. The van der Waals surface area contributed by atoms with Crippen LogP contribution in [0.15, 0.2) is 42.6 Å². The topological polar surface area (TPSA) is 58.2 Å². The largest absolute Gasteiger partial charge is 0.497 e. The maximum Gasteiger partial charge on any atom is 0.259 e. The lowest BCUT2D eigenvalue weighted by Crippen LogP contribution is -2.22. The molecule has 0 saturated carbocycles. The number of amides is 1. The third-order valence-electron chi connectivity index (χ3n) is 3.86. The maximum absolute atomic E-state index is 12.6. The van der Waals surface area contributed by atoms with Crippen LogP contribution >= 0.6 is 0 Å². The van der Waals surface area contributed by atoms with Crippen LogP contribution in [0.5, 0.6) is 5.75 Å². The molecule has 3 aromatic rings. The number of nitrogens with one attached hydrogen (secondary N) is 1. The summed E-state index contributed by atoms with van der Waals surface area (Å²) < 4.78 is 5.19. The number of hydrogen-bond donors (Lipinski definition) is 1. The highest BCUT2D eigenvalue weighted by atomic mass is 16.5. The van der Waals surface area contributed by atoms with Gasteiger partial charge < -0.3 is 9.64 Å². The van der Waals surface area contributed by atoms with Crippen molar-refractivity contribution in [2.24, 2.45) is 0 Å². The predicted molar refractivity (Wildman–Crippen MR) is 79.6 cm³/mol. The summed E-state index contributed by atoms with van der Waals surface area (Å²) in [6.07, 6.45) is 1.76. The van der Waals surface area contributed by atoms with E-state index in [9.17, 15) is 4.79 Å². The molecule has 21 heavy (non-hydrogen) atoms. The zero-order valence-corrected chi connectivity index (χ0v) is 11.5. The van der Waals surface area contributed by atoms with Gasteiger partial charge in [-0.25, -0.2) is 0 Å². The summed E-state index contributed by atoms with van der Waals surface area (Å²) in [7, 11) is 1.60. The number of H-pyrrole nitrogens is 1. The molecule has 1 aromatic heterocycles. The van der Waals surface area contributed by atoms with Crippen molar-refractivity contribution in [1.29, 1.82) is 0 Å². The lowest BCUT2D eigenvalue weighted by atomic mass is 10.1. The second-order valence-electron chi connectivity index (χ2n) is 5.06. The van der Waals surface area contributed by atoms with Gasteiger partial charge in [0, 0.05) is 16.6 Å². The summed E-state index contributed by atoms with van der Waals surface area (Å²) in [6, 6.07) is 11.5. The summed E-state index contributed by atoms with van der Waals surface area (Å²) >= 11 is 0. The Morgan fingerprint density at radius 1 is 1.24 bits per heavy atom. The van der Waals surface area contributed by atoms with E-state index in [0.29, 0.717) is 17.9 Å². The monoisotopic (exact) mass is 279 g/mol. The number of aromatic amines is 1. The van der Waals surface area contributed by atoms with E-state index in [4.69, 9.17) is 4.74 Å². The van der Waals surface area contributed by atoms with Gasteiger partial charge in [-0.1, -0.05) is 6.07 Å². The SMILES string of the molecule is COc1ccc2c(c1)C(=O)N(c1ccc3[nH]ncc3c1)C2. The van der Waals surface area contributed by atoms with Gasteiger partial charge in [0.1, 0.15) is 5.75 Å². The van der Waals surface area contributed by atoms with Crippen LogP contribution < -0.4 is 9.64 Å². The molecule has 2 heterocycles. The number of rotatable bonds is 2. The molecule has 0 bridgehead atoms. The predicted octanol–water partition coefficient (Wildman–Crippen LogP) is 2.73. The highest BCUT2D eigenvalue weighted by Gasteiger charge is 2.29. The fraction of sp³-hybridized carbons (Fsp3) is 0.125. The van der Waals surface area contributed by atoms with Crippen molar-refractivity contribution >= 4 is 22.5 Å². The zero-order chi connectivity index (χ0) is 14.4. The first-order chi connectivity index (χ1) is 10.3. The van der Waals surface area contributed by atoms with Gasteiger partial charge in [0.2, 0.25) is 0 Å². The second-order valence-corrected chi connectivity index (χ2v) is 5.06. The average molecular weight is 279 g/mol. The van der Waals surface area contributed by atoms with E-state index >= 15 is 0 Å². The van der Waals surface area contributed by atoms with Crippen LogP contribution in [0.4, 0.5) is 5.69 Å². The molecule has 0 saturated heterocycles. The Morgan fingerprint density at radius 2 is 2.14 bits per heavy atom. The molecule has 5 nitrogen and oxygen atoms in total. The van der Waals surface area contributed by atoms with E-state index < -0.39 is 0 Å². The van der Waals surface area contributed by atoms with E-state index in [1.54, 1.807) is 24.3 Å². The Morgan fingerprint density at radius 3 is 3.00 bits per heavy atom. The number of hydrogen-bond acceptors (Lipinski definition) is 3. The molecule has 1 aliphatic rings. The molecule has 0 unspecified atom stereocenters. The molecule has 5 heteroatoms. The van der Waals surface area contributed by atoms with Crippen LogP contribution in [-0.2, 0) is 6.54 Å². The smallest absolute Gasteiger partial charge is 0.259 e. The first-order valence-corrected chi connectivity index (χ1v) is 6.68. The van der Waals surface area contributed by atoms with Gasteiger partial charge in [-0.2, -0.15) is 5.10 Å². The van der Waals surface area contributed by atoms with Gasteiger partial charge in [0.15, 0.2) is 0 Å². The van der Waals surface area contributed by atoms with Crippen LogP contribution in [0.1, 0.15) is 15.9 Å². The summed E-state index contributed by atoms with van der Waals surface area (Å²) in [6.45, 7) is 0.585. The lowest BCUT2D eigenvalue weighted by Gasteiger charge is -2.15. The Balaban J connectivity index is 1.75. The summed E-state index contributed by atoms with van der Waals surface area (Å²) in [4.78, 5) is 14.4. The fourth-order valence-electron chi connectivity index (χ4n) is 2.71. The zero-order valence-electron chi connectivity index (χ0n) is 11.5. The molecule has 1 amide bonds. The molecule has 1 N–H and O–H groups in total. The van der Waals surface area contributed by atoms with Crippen LogP contribution in [-0.4, -0.2) is 23.2 Å². The van der Waals surface area contributed by atoms with Crippen LogP contribution in [0.2, 0.25) is 0 Å². The molecular formula is C16H13N3O2. The molecule has 104 valence electrons. The van der Waals surface area contributed by atoms with Crippen molar-refractivity contribution in [3.05, 3.63) is 53.7 Å². The summed E-state index contributed by atoms with van der Waals surface area (Å²) in [5, 5.41) is 7.91. The van der Waals surface area contributed by atoms with Crippen molar-refractivity contribution in [3.8, 4) is 5.75 Å². The van der Waals surface area contributed by atoms with Crippen molar-refractivity contribution in [3.63, 3.8) is 0 Å². The number of fused-ring (bicyclic) bond motifs is 2. The van der Waals surface area contributed by atoms with Crippen molar-refractivity contribution in [1.82, 2.24) is 10.2 Å². The van der Waals surface area contributed by atoms with Crippen molar-refractivity contribution < 1.29 is 9.53 Å². The number of carbonyl (C=O) groups excluding carboxylic acids is 1. The van der Waals surface area contributed by atoms with Gasteiger partial charge in [0.25, 0.3) is 5.91 Å². The molecule has 2 aromatic carbocycles. The van der Waals surface area contributed by atoms with Crippen molar-refractivity contribution in [2.75, 3.05) is 12.0 Å². The van der Waals surface area contributed by atoms with E-state index in [1.165, 1.54) is 0 Å². The molecule has 0 fully saturated rings. The van der Waals surface area contributed by atoms with E-state index in [0.717, 1.165) is 22.2 Å².